The number of hydrogen-bond acceptors (Lipinski definition) is 5. The van der Waals surface area contributed by atoms with Gasteiger partial charge in [0, 0.05) is 0 Å². The zero-order valence-electron chi connectivity index (χ0n) is 7.18. The highest BCUT2D eigenvalue weighted by Gasteiger charge is 2.20. The van der Waals surface area contributed by atoms with E-state index in [0.29, 0.717) is 13.2 Å². The fraction of sp³-hybridized carbons (Fsp3) is 1.00. The standard InChI is InChI=1S/C6H13O6P/c7-13(8)11-5-3-9-1-2-10-4-6-12-13/h1-6H2,(H,7,8). The lowest BCUT2D eigenvalue weighted by Gasteiger charge is -2.10. The van der Waals surface area contributed by atoms with Gasteiger partial charge in [0.05, 0.1) is 39.6 Å². The molecule has 1 heterocycles. The fourth-order valence-electron chi connectivity index (χ4n) is 0.782. The number of rotatable bonds is 0. The monoisotopic (exact) mass is 212 g/mol. The summed E-state index contributed by atoms with van der Waals surface area (Å²) in [4.78, 5) is 8.99. The highest BCUT2D eigenvalue weighted by atomic mass is 31.2. The van der Waals surface area contributed by atoms with Crippen molar-refractivity contribution < 1.29 is 28.0 Å². The minimum atomic E-state index is -3.88. The molecular weight excluding hydrogens is 199 g/mol. The summed E-state index contributed by atoms with van der Waals surface area (Å²) in [5, 5.41) is 0. The molecule has 1 N–H and O–H groups in total. The van der Waals surface area contributed by atoms with E-state index in [2.05, 4.69) is 9.05 Å². The maximum absolute atomic E-state index is 11.0. The third kappa shape index (κ3) is 5.36. The van der Waals surface area contributed by atoms with Gasteiger partial charge in [0.2, 0.25) is 0 Å². The lowest BCUT2D eigenvalue weighted by Crippen LogP contribution is -2.08. The summed E-state index contributed by atoms with van der Waals surface area (Å²) >= 11 is 0. The molecule has 7 heteroatoms. The Hall–Kier alpha value is 0.0300. The summed E-state index contributed by atoms with van der Waals surface area (Å²) in [7, 11) is -3.88. The number of phosphoric ester groups is 1. The Morgan fingerprint density at radius 1 is 0.846 bits per heavy atom. The summed E-state index contributed by atoms with van der Waals surface area (Å²) in [5.41, 5.74) is 0. The van der Waals surface area contributed by atoms with E-state index in [0.717, 1.165) is 0 Å². The largest absolute Gasteiger partial charge is 0.472 e. The van der Waals surface area contributed by atoms with E-state index < -0.39 is 7.82 Å². The maximum atomic E-state index is 11.0. The van der Waals surface area contributed by atoms with Crippen molar-refractivity contribution in [3.63, 3.8) is 0 Å². The first kappa shape index (κ1) is 11.1. The number of ether oxygens (including phenoxy) is 2. The van der Waals surface area contributed by atoms with E-state index in [1.165, 1.54) is 0 Å². The Morgan fingerprint density at radius 3 is 1.69 bits per heavy atom. The van der Waals surface area contributed by atoms with Crippen LogP contribution in [-0.2, 0) is 23.1 Å². The van der Waals surface area contributed by atoms with Gasteiger partial charge in [0.15, 0.2) is 0 Å². The molecule has 0 unspecified atom stereocenters. The predicted octanol–water partition coefficient (Wildman–Crippen LogP) is 0.167. The maximum Gasteiger partial charge on any atom is 0.472 e. The molecule has 78 valence electrons. The molecule has 0 aromatic rings. The summed E-state index contributed by atoms with van der Waals surface area (Å²) < 4.78 is 30.2. The van der Waals surface area contributed by atoms with E-state index in [1.54, 1.807) is 0 Å². The molecule has 0 aliphatic carbocycles. The van der Waals surface area contributed by atoms with Crippen LogP contribution in [0.5, 0.6) is 0 Å². The van der Waals surface area contributed by atoms with Crippen LogP contribution in [0.2, 0.25) is 0 Å². The lowest BCUT2D eigenvalue weighted by atomic mass is 10.7. The van der Waals surface area contributed by atoms with Crippen LogP contribution in [0.1, 0.15) is 0 Å². The molecular formula is C6H13O6P. The second-order valence-corrected chi connectivity index (χ2v) is 3.81. The van der Waals surface area contributed by atoms with Gasteiger partial charge in [-0.05, 0) is 0 Å². The van der Waals surface area contributed by atoms with E-state index >= 15 is 0 Å². The Morgan fingerprint density at radius 2 is 1.23 bits per heavy atom. The van der Waals surface area contributed by atoms with Crippen LogP contribution < -0.4 is 0 Å². The van der Waals surface area contributed by atoms with E-state index in [-0.39, 0.29) is 26.4 Å². The second kappa shape index (κ2) is 5.70. The Labute approximate surface area is 76.4 Å². The zero-order chi connectivity index (χ0) is 9.57. The normalized spacial score (nSPS) is 26.2. The van der Waals surface area contributed by atoms with Crippen molar-refractivity contribution in [3.05, 3.63) is 0 Å². The van der Waals surface area contributed by atoms with Gasteiger partial charge in [-0.1, -0.05) is 0 Å². The minimum absolute atomic E-state index is 0.0494. The third-order valence-electron chi connectivity index (χ3n) is 1.34. The van der Waals surface area contributed by atoms with Crippen LogP contribution in [-0.4, -0.2) is 44.5 Å². The fourth-order valence-corrected chi connectivity index (χ4v) is 1.47. The zero-order valence-corrected chi connectivity index (χ0v) is 8.07. The van der Waals surface area contributed by atoms with Gasteiger partial charge in [-0.3, -0.25) is 9.05 Å². The van der Waals surface area contributed by atoms with Crippen molar-refractivity contribution in [1.82, 2.24) is 0 Å². The molecule has 0 bridgehead atoms. The number of phosphoric acid groups is 1. The van der Waals surface area contributed by atoms with E-state index in [9.17, 15) is 4.57 Å². The van der Waals surface area contributed by atoms with Gasteiger partial charge in [-0.2, -0.15) is 0 Å². The smallest absolute Gasteiger partial charge is 0.377 e. The summed E-state index contributed by atoms with van der Waals surface area (Å²) in [6.07, 6.45) is 0. The molecule has 0 radical (unpaired) electrons. The molecule has 0 amide bonds. The molecule has 1 aliphatic rings. The molecule has 1 rings (SSSR count). The number of hydrogen-bond donors (Lipinski definition) is 1. The van der Waals surface area contributed by atoms with Crippen molar-refractivity contribution in [2.75, 3.05) is 39.6 Å². The van der Waals surface area contributed by atoms with Crippen LogP contribution in [0.4, 0.5) is 0 Å². The van der Waals surface area contributed by atoms with Crippen molar-refractivity contribution in [2.45, 2.75) is 0 Å². The van der Waals surface area contributed by atoms with Gasteiger partial charge in [-0.25, -0.2) is 4.57 Å². The molecule has 6 nitrogen and oxygen atoms in total. The van der Waals surface area contributed by atoms with Gasteiger partial charge in [0.25, 0.3) is 0 Å². The molecule has 0 aromatic carbocycles. The first-order chi connectivity index (χ1) is 6.21. The summed E-state index contributed by atoms with van der Waals surface area (Å²) in [6, 6.07) is 0. The quantitative estimate of drug-likeness (QED) is 0.577. The van der Waals surface area contributed by atoms with Gasteiger partial charge < -0.3 is 14.4 Å². The minimum Gasteiger partial charge on any atom is -0.377 e. The molecule has 1 fully saturated rings. The van der Waals surface area contributed by atoms with Crippen molar-refractivity contribution >= 4 is 7.82 Å². The van der Waals surface area contributed by atoms with Gasteiger partial charge >= 0.3 is 7.82 Å². The molecule has 0 saturated carbocycles. The first-order valence-corrected chi connectivity index (χ1v) is 5.48. The van der Waals surface area contributed by atoms with Crippen molar-refractivity contribution in [1.29, 1.82) is 0 Å². The van der Waals surface area contributed by atoms with E-state index in [1.807, 2.05) is 0 Å². The van der Waals surface area contributed by atoms with Crippen LogP contribution in [0.25, 0.3) is 0 Å². The van der Waals surface area contributed by atoms with Crippen LogP contribution >= 0.6 is 7.82 Å². The summed E-state index contributed by atoms with van der Waals surface area (Å²) in [5.74, 6) is 0. The van der Waals surface area contributed by atoms with Crippen molar-refractivity contribution in [3.8, 4) is 0 Å². The summed E-state index contributed by atoms with van der Waals surface area (Å²) in [6.45, 7) is 1.54. The molecule has 0 atom stereocenters. The van der Waals surface area contributed by atoms with Gasteiger partial charge in [-0.15, -0.1) is 0 Å². The molecule has 1 saturated heterocycles. The van der Waals surface area contributed by atoms with Crippen LogP contribution in [0, 0.1) is 0 Å². The molecule has 13 heavy (non-hydrogen) atoms. The second-order valence-electron chi connectivity index (χ2n) is 2.36. The third-order valence-corrected chi connectivity index (χ3v) is 2.35. The highest BCUT2D eigenvalue weighted by Crippen LogP contribution is 2.42. The highest BCUT2D eigenvalue weighted by molar-refractivity contribution is 7.47. The molecule has 0 aromatic heterocycles. The molecule has 0 spiro atoms. The SMILES string of the molecule is O=P1(O)OCCOCCOCCO1. The van der Waals surface area contributed by atoms with Crippen LogP contribution in [0.15, 0.2) is 0 Å². The Balaban J connectivity index is 2.32. The molecule has 1 aliphatic heterocycles. The topological polar surface area (TPSA) is 74.2 Å². The van der Waals surface area contributed by atoms with Crippen LogP contribution in [0.3, 0.4) is 0 Å². The lowest BCUT2D eigenvalue weighted by molar-refractivity contribution is 0.0375. The average molecular weight is 212 g/mol. The average Bonchev–Trinajstić information content (AvgIpc) is 2.10. The van der Waals surface area contributed by atoms with E-state index in [4.69, 9.17) is 14.4 Å². The Kier molecular flexibility index (Phi) is 4.87. The predicted molar refractivity (Wildman–Crippen MR) is 43.4 cm³/mol. The van der Waals surface area contributed by atoms with Crippen molar-refractivity contribution in [2.24, 2.45) is 0 Å². The van der Waals surface area contributed by atoms with Gasteiger partial charge in [0.1, 0.15) is 0 Å². The first-order valence-electron chi connectivity index (χ1n) is 3.98. The Bertz CT molecular complexity index is 168.